The van der Waals surface area contributed by atoms with Crippen LogP contribution < -0.4 is 5.32 Å². The second kappa shape index (κ2) is 15.1. The van der Waals surface area contributed by atoms with Crippen LogP contribution in [0.2, 0.25) is 0 Å². The summed E-state index contributed by atoms with van der Waals surface area (Å²) in [5.41, 5.74) is -2.23. The van der Waals surface area contributed by atoms with Gasteiger partial charge in [-0.3, -0.25) is 4.79 Å². The Bertz CT molecular complexity index is 2000. The third-order valence-corrected chi connectivity index (χ3v) is 13.0. The fourth-order valence-corrected chi connectivity index (χ4v) is 9.90. The molecule has 3 aromatic rings. The van der Waals surface area contributed by atoms with E-state index in [0.717, 1.165) is 0 Å². The van der Waals surface area contributed by atoms with E-state index < -0.39 is 94.8 Å². The van der Waals surface area contributed by atoms with Crippen molar-refractivity contribution in [2.45, 2.75) is 121 Å². The zero-order chi connectivity index (χ0) is 41.1. The van der Waals surface area contributed by atoms with Crippen molar-refractivity contribution < 1.29 is 53.8 Å². The van der Waals surface area contributed by atoms with Gasteiger partial charge in [-0.2, -0.15) is 0 Å². The molecule has 1 aliphatic heterocycles. The molecule has 0 aromatic heterocycles. The lowest BCUT2D eigenvalue weighted by Gasteiger charge is -2.62. The van der Waals surface area contributed by atoms with Gasteiger partial charge in [-0.25, -0.2) is 9.59 Å². The van der Waals surface area contributed by atoms with Crippen molar-refractivity contribution in [1.82, 2.24) is 5.32 Å². The number of rotatable bonds is 8. The molecule has 3 aliphatic carbocycles. The van der Waals surface area contributed by atoms with E-state index in [1.165, 1.54) is 0 Å². The Labute approximate surface area is 332 Å². The van der Waals surface area contributed by atoms with Crippen LogP contribution in [-0.4, -0.2) is 92.4 Å². The van der Waals surface area contributed by atoms with E-state index >= 15 is 0 Å². The van der Waals surface area contributed by atoms with Crippen molar-refractivity contribution in [1.29, 1.82) is 0 Å². The van der Waals surface area contributed by atoms with Crippen LogP contribution in [0.1, 0.15) is 93.1 Å². The Balaban J connectivity index is 1.33. The number of aliphatic hydroxyl groups excluding tert-OH is 3. The Morgan fingerprint density at radius 1 is 0.825 bits per heavy atom. The van der Waals surface area contributed by atoms with Gasteiger partial charge in [-0.1, -0.05) is 87.5 Å². The summed E-state index contributed by atoms with van der Waals surface area (Å²) in [5, 5.41) is 51.2. The minimum atomic E-state index is -2.06. The average molecular weight is 784 g/mol. The van der Waals surface area contributed by atoms with Crippen LogP contribution in [-0.2, 0) is 23.7 Å². The molecule has 4 aliphatic rings. The molecule has 3 aromatic carbocycles. The molecule has 57 heavy (non-hydrogen) atoms. The van der Waals surface area contributed by atoms with Crippen LogP contribution in [0.4, 0.5) is 0 Å². The summed E-state index contributed by atoms with van der Waals surface area (Å²) < 4.78 is 26.0. The van der Waals surface area contributed by atoms with Crippen LogP contribution >= 0.6 is 0 Å². The zero-order valence-electron chi connectivity index (χ0n) is 33.1. The minimum Gasteiger partial charge on any atom is -0.456 e. The van der Waals surface area contributed by atoms with Crippen LogP contribution in [0.5, 0.6) is 0 Å². The number of nitrogens with one attached hydrogen (secondary N) is 1. The van der Waals surface area contributed by atoms with Gasteiger partial charge in [-0.15, -0.1) is 0 Å². The van der Waals surface area contributed by atoms with Crippen molar-refractivity contribution in [3.8, 4) is 0 Å². The van der Waals surface area contributed by atoms with Crippen LogP contribution in [0.25, 0.3) is 0 Å². The SMILES string of the molecule is CC1=C2[C@H]3OC(C)(C)O[C@@H]3[C@]3(C)CC[C@H](O)[C@@H](O)[C@H]3[C@H](OC(=O)c3ccccc3)[C@](O)(CC1OC(=O)[C@H](O)[C@@H](NC(=O)c1ccccc1)c1ccccc1)C2(C)C. The van der Waals surface area contributed by atoms with Crippen molar-refractivity contribution in [3.05, 3.63) is 119 Å². The number of fused-ring (bicyclic) bond motifs is 6. The van der Waals surface area contributed by atoms with Crippen molar-refractivity contribution in [3.63, 3.8) is 0 Å². The van der Waals surface area contributed by atoms with E-state index in [4.69, 9.17) is 18.9 Å². The predicted octanol–water partition coefficient (Wildman–Crippen LogP) is 4.81. The number of amides is 1. The Kier molecular flexibility index (Phi) is 10.8. The number of hydrogen-bond acceptors (Lipinski definition) is 11. The van der Waals surface area contributed by atoms with Gasteiger partial charge >= 0.3 is 11.9 Å². The molecule has 12 heteroatoms. The lowest BCUT2D eigenvalue weighted by molar-refractivity contribution is -0.253. The summed E-state index contributed by atoms with van der Waals surface area (Å²) >= 11 is 0. The summed E-state index contributed by atoms with van der Waals surface area (Å²) in [6, 6.07) is 24.0. The monoisotopic (exact) mass is 783 g/mol. The molecule has 3 fully saturated rings. The molecule has 1 amide bonds. The molecule has 304 valence electrons. The first-order valence-electron chi connectivity index (χ1n) is 19.6. The van der Waals surface area contributed by atoms with Crippen molar-refractivity contribution in [2.75, 3.05) is 0 Å². The fourth-order valence-electron chi connectivity index (χ4n) is 9.90. The lowest BCUT2D eigenvalue weighted by atomic mass is 9.48. The standard InChI is InChI=1S/C45H53NO11/c1-25-30(54-41(52)35(49)33(26-16-10-7-11-17-26)46-39(50)27-18-12-8-13-19-27)24-45(53)37(55-40(51)28-20-14-9-15-21-28)32-34(48)29(47)22-23-44(32,6)38-36(31(25)42(45,2)3)56-43(4,5)57-38/h7-21,29-30,32-38,47-49,53H,22-24H2,1-6H3,(H,46,50)/t29-,30?,32-,33-,34+,35+,36+,37-,38-,44+,45+/m0/s1. The predicted molar refractivity (Wildman–Crippen MR) is 207 cm³/mol. The van der Waals surface area contributed by atoms with Gasteiger partial charge in [0.15, 0.2) is 11.9 Å². The Morgan fingerprint density at radius 3 is 2.02 bits per heavy atom. The normalized spacial score (nSPS) is 33.7. The minimum absolute atomic E-state index is 0.214. The zero-order valence-corrected chi connectivity index (χ0v) is 33.1. The number of aliphatic hydroxyl groups is 4. The van der Waals surface area contributed by atoms with Gasteiger partial charge in [-0.05, 0) is 74.6 Å². The fraction of sp³-hybridized carbons (Fsp3) is 0.489. The summed E-state index contributed by atoms with van der Waals surface area (Å²) in [7, 11) is 0. The molecule has 0 radical (unpaired) electrons. The van der Waals surface area contributed by atoms with Gasteiger partial charge in [0.25, 0.3) is 5.91 Å². The van der Waals surface area contributed by atoms with Crippen LogP contribution in [0, 0.1) is 16.7 Å². The van der Waals surface area contributed by atoms with Gasteiger partial charge in [0.2, 0.25) is 0 Å². The highest BCUT2D eigenvalue weighted by Gasteiger charge is 2.71. The third-order valence-electron chi connectivity index (χ3n) is 13.0. The summed E-state index contributed by atoms with van der Waals surface area (Å²) in [6.07, 6.45) is -8.56. The highest BCUT2D eigenvalue weighted by atomic mass is 16.8. The first-order chi connectivity index (χ1) is 26.9. The maximum atomic E-state index is 14.2. The Morgan fingerprint density at radius 2 is 1.40 bits per heavy atom. The highest BCUT2D eigenvalue weighted by Crippen LogP contribution is 2.63. The second-order valence-corrected chi connectivity index (χ2v) is 17.2. The van der Waals surface area contributed by atoms with E-state index in [-0.39, 0.29) is 18.4 Å². The van der Waals surface area contributed by atoms with Gasteiger partial charge in [0.05, 0.1) is 29.9 Å². The summed E-state index contributed by atoms with van der Waals surface area (Å²) in [6.45, 7) is 10.8. The molecule has 1 heterocycles. The number of carbonyl (C=O) groups excluding carboxylic acids is 3. The molecular formula is C45H53NO11. The largest absolute Gasteiger partial charge is 0.456 e. The first-order valence-corrected chi connectivity index (χ1v) is 19.6. The first kappa shape index (κ1) is 40.8. The molecule has 5 N–H and O–H groups in total. The number of benzene rings is 3. The van der Waals surface area contributed by atoms with E-state index in [1.54, 1.807) is 126 Å². The van der Waals surface area contributed by atoms with E-state index in [2.05, 4.69) is 5.32 Å². The third kappa shape index (κ3) is 7.10. The second-order valence-electron chi connectivity index (χ2n) is 17.2. The molecular weight excluding hydrogens is 730 g/mol. The van der Waals surface area contributed by atoms with E-state index in [9.17, 15) is 34.8 Å². The van der Waals surface area contributed by atoms with Crippen LogP contribution in [0.3, 0.4) is 0 Å². The lowest BCUT2D eigenvalue weighted by Crippen LogP contribution is -2.72. The van der Waals surface area contributed by atoms with E-state index in [0.29, 0.717) is 28.7 Å². The number of ether oxygens (including phenoxy) is 4. The molecule has 2 bridgehead atoms. The summed E-state index contributed by atoms with van der Waals surface area (Å²) in [5.74, 6) is -4.56. The molecule has 1 unspecified atom stereocenters. The van der Waals surface area contributed by atoms with Gasteiger partial charge in [0, 0.05) is 28.7 Å². The molecule has 7 rings (SSSR count). The number of hydrogen-bond donors (Lipinski definition) is 5. The summed E-state index contributed by atoms with van der Waals surface area (Å²) in [4.78, 5) is 41.6. The number of esters is 2. The van der Waals surface area contributed by atoms with Gasteiger partial charge < -0.3 is 44.7 Å². The maximum absolute atomic E-state index is 14.2. The molecule has 2 saturated carbocycles. The van der Waals surface area contributed by atoms with Gasteiger partial charge in [0.1, 0.15) is 23.9 Å². The van der Waals surface area contributed by atoms with Crippen LogP contribution in [0.15, 0.2) is 102 Å². The Hall–Kier alpha value is -4.43. The molecule has 11 atom stereocenters. The molecule has 12 nitrogen and oxygen atoms in total. The molecule has 0 spiro atoms. The van der Waals surface area contributed by atoms with Crippen molar-refractivity contribution in [2.24, 2.45) is 16.7 Å². The highest BCUT2D eigenvalue weighted by molar-refractivity contribution is 5.95. The van der Waals surface area contributed by atoms with E-state index in [1.807, 2.05) is 6.92 Å². The molecule has 1 saturated heterocycles. The topological polar surface area (TPSA) is 181 Å². The maximum Gasteiger partial charge on any atom is 0.338 e. The number of carbonyl (C=O) groups is 3. The van der Waals surface area contributed by atoms with Crippen molar-refractivity contribution >= 4 is 17.8 Å². The smallest absolute Gasteiger partial charge is 0.338 e. The average Bonchev–Trinajstić information content (AvgIpc) is 3.52. The quantitative estimate of drug-likeness (QED) is 0.156.